The molecule has 0 unspecified atom stereocenters. The Labute approximate surface area is 144 Å². The number of benzene rings is 1. The summed E-state index contributed by atoms with van der Waals surface area (Å²) in [5.74, 6) is -1.62. The number of ether oxygens (including phenoxy) is 3. The Kier molecular flexibility index (Phi) is 6.10. The number of carbonyl (C=O) groups is 2. The van der Waals surface area contributed by atoms with Crippen molar-refractivity contribution in [3.8, 4) is 0 Å². The molecule has 0 fully saturated rings. The van der Waals surface area contributed by atoms with E-state index in [1.165, 1.54) is 12.1 Å². The van der Waals surface area contributed by atoms with Crippen LogP contribution < -0.4 is 0 Å². The minimum absolute atomic E-state index is 0.0349. The molecule has 0 saturated heterocycles. The van der Waals surface area contributed by atoms with E-state index in [0.717, 1.165) is 5.56 Å². The van der Waals surface area contributed by atoms with Gasteiger partial charge in [-0.3, -0.25) is 10.1 Å². The number of carbonyl (C=O) groups excluding carboxylic acids is 2. The van der Waals surface area contributed by atoms with Crippen molar-refractivity contribution in [2.75, 3.05) is 13.2 Å². The maximum absolute atomic E-state index is 12.0. The number of nitrogens with zero attached hydrogens (tertiary/aromatic N) is 1. The Balaban J connectivity index is 2.29. The van der Waals surface area contributed by atoms with Gasteiger partial charge in [0.25, 0.3) is 5.69 Å². The maximum atomic E-state index is 12.0. The molecule has 1 aliphatic heterocycles. The van der Waals surface area contributed by atoms with E-state index in [1.54, 1.807) is 32.1 Å². The second kappa shape index (κ2) is 8.27. The third kappa shape index (κ3) is 4.56. The second-order valence-corrected chi connectivity index (χ2v) is 5.30. The maximum Gasteiger partial charge on any atom is 0.373 e. The molecule has 8 nitrogen and oxygen atoms in total. The molecule has 1 aromatic carbocycles. The van der Waals surface area contributed by atoms with Crippen molar-refractivity contribution in [1.29, 1.82) is 0 Å². The van der Waals surface area contributed by atoms with Gasteiger partial charge in [0.05, 0.1) is 18.1 Å². The van der Waals surface area contributed by atoms with E-state index in [4.69, 9.17) is 14.2 Å². The van der Waals surface area contributed by atoms with Crippen molar-refractivity contribution in [2.45, 2.75) is 32.3 Å². The first-order valence-corrected chi connectivity index (χ1v) is 7.92. The van der Waals surface area contributed by atoms with Crippen molar-refractivity contribution < 1.29 is 28.7 Å². The Morgan fingerprint density at radius 2 is 1.84 bits per heavy atom. The van der Waals surface area contributed by atoms with Crippen LogP contribution >= 0.6 is 0 Å². The van der Waals surface area contributed by atoms with Crippen LogP contribution in [0.3, 0.4) is 0 Å². The molecular formula is C17H19NO7. The van der Waals surface area contributed by atoms with Crippen LogP contribution in [0.2, 0.25) is 0 Å². The van der Waals surface area contributed by atoms with Crippen molar-refractivity contribution in [3.05, 3.63) is 51.8 Å². The fraction of sp³-hybridized carbons (Fsp3) is 0.412. The van der Waals surface area contributed by atoms with Crippen LogP contribution in [0.25, 0.3) is 0 Å². The van der Waals surface area contributed by atoms with Gasteiger partial charge in [0.1, 0.15) is 0 Å². The SMILES string of the molecule is CCOC(=O)C1=C[C@@H](c2ccc([N+](=O)[O-])cc2)C[C@@H](C(=O)OCC)O1. The second-order valence-electron chi connectivity index (χ2n) is 5.30. The smallest absolute Gasteiger partial charge is 0.373 e. The van der Waals surface area contributed by atoms with Crippen LogP contribution in [-0.4, -0.2) is 36.2 Å². The first kappa shape index (κ1) is 18.4. The number of nitro benzene ring substituents is 1. The van der Waals surface area contributed by atoms with Gasteiger partial charge in [-0.2, -0.15) is 0 Å². The average molecular weight is 349 g/mol. The third-order valence-corrected chi connectivity index (χ3v) is 3.65. The molecule has 1 aromatic rings. The van der Waals surface area contributed by atoms with Crippen LogP contribution in [-0.2, 0) is 23.8 Å². The monoisotopic (exact) mass is 349 g/mol. The van der Waals surface area contributed by atoms with E-state index in [-0.39, 0.29) is 37.0 Å². The highest BCUT2D eigenvalue weighted by Gasteiger charge is 2.34. The lowest BCUT2D eigenvalue weighted by atomic mass is 9.90. The molecule has 1 aliphatic rings. The summed E-state index contributed by atoms with van der Waals surface area (Å²) in [6, 6.07) is 5.94. The number of non-ortho nitro benzene ring substituents is 1. The van der Waals surface area contributed by atoms with E-state index in [2.05, 4.69) is 0 Å². The number of hydrogen-bond acceptors (Lipinski definition) is 7. The van der Waals surface area contributed by atoms with Gasteiger partial charge in [0.15, 0.2) is 6.10 Å². The molecule has 25 heavy (non-hydrogen) atoms. The minimum atomic E-state index is -0.940. The van der Waals surface area contributed by atoms with Crippen LogP contribution in [0.4, 0.5) is 5.69 Å². The summed E-state index contributed by atoms with van der Waals surface area (Å²) >= 11 is 0. The molecule has 0 bridgehead atoms. The van der Waals surface area contributed by atoms with Gasteiger partial charge < -0.3 is 14.2 Å². The van der Waals surface area contributed by atoms with Gasteiger partial charge in [-0.25, -0.2) is 9.59 Å². The summed E-state index contributed by atoms with van der Waals surface area (Å²) in [5, 5.41) is 10.8. The molecule has 0 amide bonds. The van der Waals surface area contributed by atoms with E-state index in [9.17, 15) is 19.7 Å². The molecular weight excluding hydrogens is 330 g/mol. The van der Waals surface area contributed by atoms with Gasteiger partial charge in [-0.15, -0.1) is 0 Å². The molecule has 0 spiro atoms. The number of rotatable bonds is 6. The highest BCUT2D eigenvalue weighted by atomic mass is 16.6. The molecule has 8 heteroatoms. The molecule has 134 valence electrons. The fourth-order valence-corrected chi connectivity index (χ4v) is 2.50. The Morgan fingerprint density at radius 3 is 2.40 bits per heavy atom. The first-order valence-electron chi connectivity index (χ1n) is 7.92. The highest BCUT2D eigenvalue weighted by Crippen LogP contribution is 2.32. The number of allylic oxidation sites excluding steroid dienone is 1. The standard InChI is InChI=1S/C17H19NO7/c1-3-23-16(19)14-9-12(10-15(25-14)17(20)24-4-2)11-5-7-13(8-6-11)18(21)22/h5-9,12,15H,3-4,10H2,1-2H3/t12-,15+/m1/s1. The van der Waals surface area contributed by atoms with Crippen LogP contribution in [0, 0.1) is 10.1 Å². The van der Waals surface area contributed by atoms with Gasteiger partial charge >= 0.3 is 11.9 Å². The Bertz CT molecular complexity index is 681. The summed E-state index contributed by atoms with van der Waals surface area (Å²) in [4.78, 5) is 34.3. The summed E-state index contributed by atoms with van der Waals surface area (Å²) in [7, 11) is 0. The molecule has 2 atom stereocenters. The lowest BCUT2D eigenvalue weighted by Gasteiger charge is -2.27. The van der Waals surface area contributed by atoms with Crippen molar-refractivity contribution in [3.63, 3.8) is 0 Å². The summed E-state index contributed by atoms with van der Waals surface area (Å²) in [6.45, 7) is 3.71. The zero-order chi connectivity index (χ0) is 18.4. The largest absolute Gasteiger partial charge is 0.471 e. The highest BCUT2D eigenvalue weighted by molar-refractivity contribution is 5.88. The van der Waals surface area contributed by atoms with Gasteiger partial charge in [0.2, 0.25) is 5.76 Å². The van der Waals surface area contributed by atoms with Gasteiger partial charge in [-0.1, -0.05) is 12.1 Å². The van der Waals surface area contributed by atoms with Crippen molar-refractivity contribution in [2.24, 2.45) is 0 Å². The molecule has 0 radical (unpaired) electrons. The molecule has 0 N–H and O–H groups in total. The van der Waals surface area contributed by atoms with Gasteiger partial charge in [-0.05, 0) is 25.5 Å². The van der Waals surface area contributed by atoms with E-state index in [1.807, 2.05) is 0 Å². The van der Waals surface area contributed by atoms with E-state index in [0.29, 0.717) is 0 Å². The quantitative estimate of drug-likeness (QED) is 0.441. The molecule has 2 rings (SSSR count). The number of nitro groups is 1. The third-order valence-electron chi connectivity index (χ3n) is 3.65. The number of hydrogen-bond donors (Lipinski definition) is 0. The van der Waals surface area contributed by atoms with Crippen molar-refractivity contribution in [1.82, 2.24) is 0 Å². The Hall–Kier alpha value is -2.90. The summed E-state index contributed by atoms with van der Waals surface area (Å²) < 4.78 is 15.3. The lowest BCUT2D eigenvalue weighted by molar-refractivity contribution is -0.384. The minimum Gasteiger partial charge on any atom is -0.471 e. The summed E-state index contributed by atoms with van der Waals surface area (Å²) in [5.41, 5.74) is 0.692. The van der Waals surface area contributed by atoms with Crippen LogP contribution in [0.1, 0.15) is 31.7 Å². The molecule has 0 saturated carbocycles. The fourth-order valence-electron chi connectivity index (χ4n) is 2.50. The first-order chi connectivity index (χ1) is 12.0. The zero-order valence-corrected chi connectivity index (χ0v) is 14.0. The number of esters is 2. The zero-order valence-electron chi connectivity index (χ0n) is 14.0. The topological polar surface area (TPSA) is 105 Å². The molecule has 1 heterocycles. The molecule has 0 aliphatic carbocycles. The van der Waals surface area contributed by atoms with Crippen LogP contribution in [0.15, 0.2) is 36.1 Å². The van der Waals surface area contributed by atoms with Crippen LogP contribution in [0.5, 0.6) is 0 Å². The lowest BCUT2D eigenvalue weighted by Crippen LogP contribution is -2.33. The predicted molar refractivity (Wildman–Crippen MR) is 86.7 cm³/mol. The Morgan fingerprint density at radius 1 is 1.20 bits per heavy atom. The van der Waals surface area contributed by atoms with Crippen molar-refractivity contribution >= 4 is 17.6 Å². The van der Waals surface area contributed by atoms with Gasteiger partial charge in [0, 0.05) is 24.5 Å². The van der Waals surface area contributed by atoms with E-state index < -0.39 is 23.0 Å². The summed E-state index contributed by atoms with van der Waals surface area (Å²) in [6.07, 6.45) is 0.888. The normalized spacial score (nSPS) is 19.4. The predicted octanol–water partition coefficient (Wildman–Crippen LogP) is 2.48. The molecule has 0 aromatic heterocycles. The average Bonchev–Trinajstić information content (AvgIpc) is 2.61. The van der Waals surface area contributed by atoms with E-state index >= 15 is 0 Å².